The minimum absolute atomic E-state index is 0.00497. The average Bonchev–Trinajstić information content (AvgIpc) is 2.87. The van der Waals surface area contributed by atoms with Gasteiger partial charge in [-0.05, 0) is 81.3 Å². The van der Waals surface area contributed by atoms with Crippen LogP contribution in [-0.2, 0) is 26.2 Å². The summed E-state index contributed by atoms with van der Waals surface area (Å²) in [6.07, 6.45) is 0. The Morgan fingerprint density at radius 3 is 2.13 bits per heavy atom. The maximum absolute atomic E-state index is 13.9. The molecule has 0 unspecified atom stereocenters. The summed E-state index contributed by atoms with van der Waals surface area (Å²) in [7, 11) is -4.18. The molecule has 0 aliphatic heterocycles. The van der Waals surface area contributed by atoms with E-state index < -0.39 is 28.5 Å². The second-order valence-corrected chi connectivity index (χ2v) is 12.5. The molecular formula is C28H30Cl3N3O4S. The topological polar surface area (TPSA) is 86.8 Å². The molecule has 0 fully saturated rings. The van der Waals surface area contributed by atoms with Crippen molar-refractivity contribution in [2.24, 2.45) is 0 Å². The fraction of sp³-hybridized carbons (Fsp3) is 0.286. The summed E-state index contributed by atoms with van der Waals surface area (Å²) in [5.74, 6) is -0.949. The molecule has 0 aromatic heterocycles. The molecule has 0 bridgehead atoms. The van der Waals surface area contributed by atoms with Gasteiger partial charge in [0, 0.05) is 17.6 Å². The largest absolute Gasteiger partial charge is 0.352 e. The van der Waals surface area contributed by atoms with Crippen LogP contribution in [0.1, 0.15) is 31.9 Å². The van der Waals surface area contributed by atoms with Gasteiger partial charge in [0.2, 0.25) is 11.8 Å². The number of hydrogen-bond donors (Lipinski definition) is 1. The van der Waals surface area contributed by atoms with Crippen molar-refractivity contribution in [1.29, 1.82) is 0 Å². The number of anilines is 1. The number of nitrogens with one attached hydrogen (secondary N) is 1. The lowest BCUT2D eigenvalue weighted by atomic mass is 10.1. The van der Waals surface area contributed by atoms with Crippen LogP contribution in [0.4, 0.5) is 5.69 Å². The van der Waals surface area contributed by atoms with Gasteiger partial charge in [-0.25, -0.2) is 8.42 Å². The van der Waals surface area contributed by atoms with Crippen LogP contribution in [0.2, 0.25) is 15.1 Å². The molecule has 3 aromatic rings. The van der Waals surface area contributed by atoms with E-state index in [0.717, 1.165) is 4.31 Å². The van der Waals surface area contributed by atoms with Crippen molar-refractivity contribution in [2.75, 3.05) is 10.8 Å². The predicted octanol–water partition coefficient (Wildman–Crippen LogP) is 6.09. The number of sulfonamides is 1. The molecule has 1 atom stereocenters. The first-order chi connectivity index (χ1) is 18.3. The SMILES string of the molecule is Cc1ccccc1N(CC(=O)N(Cc1ccc(Cl)c(Cl)c1)[C@H](C)C(=O)NC(C)C)S(=O)(=O)c1ccc(Cl)cc1. The zero-order chi connectivity index (χ0) is 28.9. The molecule has 0 aliphatic rings. The van der Waals surface area contributed by atoms with Crippen LogP contribution >= 0.6 is 34.8 Å². The fourth-order valence-electron chi connectivity index (χ4n) is 3.91. The highest BCUT2D eigenvalue weighted by molar-refractivity contribution is 7.92. The number of nitrogens with zero attached hydrogens (tertiary/aromatic N) is 2. The Morgan fingerprint density at radius 1 is 0.897 bits per heavy atom. The molecule has 0 radical (unpaired) electrons. The quantitative estimate of drug-likeness (QED) is 0.301. The van der Waals surface area contributed by atoms with E-state index in [0.29, 0.717) is 31.9 Å². The monoisotopic (exact) mass is 609 g/mol. The van der Waals surface area contributed by atoms with Crippen LogP contribution in [0, 0.1) is 6.92 Å². The molecular weight excluding hydrogens is 581 g/mol. The molecule has 0 saturated carbocycles. The molecule has 0 spiro atoms. The van der Waals surface area contributed by atoms with Crippen molar-refractivity contribution in [3.63, 3.8) is 0 Å². The number of para-hydroxylation sites is 1. The van der Waals surface area contributed by atoms with Gasteiger partial charge in [-0.3, -0.25) is 13.9 Å². The molecule has 2 amide bonds. The minimum atomic E-state index is -4.18. The van der Waals surface area contributed by atoms with Crippen LogP contribution in [0.25, 0.3) is 0 Å². The Bertz CT molecular complexity index is 1450. The number of aryl methyl sites for hydroxylation is 1. The van der Waals surface area contributed by atoms with Crippen molar-refractivity contribution < 1.29 is 18.0 Å². The summed E-state index contributed by atoms with van der Waals surface area (Å²) < 4.78 is 28.7. The third kappa shape index (κ3) is 7.66. The van der Waals surface area contributed by atoms with Gasteiger partial charge in [0.1, 0.15) is 12.6 Å². The summed E-state index contributed by atoms with van der Waals surface area (Å²) in [6.45, 7) is 6.44. The standard InChI is InChI=1S/C28H30Cl3N3O4S/c1-18(2)32-28(36)20(4)33(16-21-9-14-24(30)25(31)15-21)27(35)17-34(26-8-6-5-7-19(26)3)39(37,38)23-12-10-22(29)11-13-23/h5-15,18,20H,16-17H2,1-4H3,(H,32,36)/t20-/m1/s1. The van der Waals surface area contributed by atoms with E-state index in [9.17, 15) is 18.0 Å². The lowest BCUT2D eigenvalue weighted by molar-refractivity contribution is -0.139. The molecule has 0 aliphatic carbocycles. The zero-order valence-electron chi connectivity index (χ0n) is 22.0. The molecule has 3 aromatic carbocycles. The van der Waals surface area contributed by atoms with Crippen molar-refractivity contribution in [2.45, 2.75) is 51.2 Å². The normalized spacial score (nSPS) is 12.2. The molecule has 11 heteroatoms. The van der Waals surface area contributed by atoms with Crippen molar-refractivity contribution >= 4 is 62.3 Å². The third-order valence-electron chi connectivity index (χ3n) is 6.00. The Balaban J connectivity index is 2.05. The van der Waals surface area contributed by atoms with Crippen LogP contribution in [0.5, 0.6) is 0 Å². The van der Waals surface area contributed by atoms with Gasteiger partial charge in [-0.1, -0.05) is 59.1 Å². The van der Waals surface area contributed by atoms with Gasteiger partial charge < -0.3 is 10.2 Å². The van der Waals surface area contributed by atoms with Crippen molar-refractivity contribution in [3.05, 3.63) is 92.9 Å². The Labute approximate surface area is 244 Å². The van der Waals surface area contributed by atoms with E-state index in [1.54, 1.807) is 56.3 Å². The first kappa shape index (κ1) is 30.8. The minimum Gasteiger partial charge on any atom is -0.352 e. The van der Waals surface area contributed by atoms with E-state index in [1.807, 2.05) is 13.8 Å². The van der Waals surface area contributed by atoms with Crippen molar-refractivity contribution in [3.8, 4) is 0 Å². The molecule has 0 saturated heterocycles. The summed E-state index contributed by atoms with van der Waals surface area (Å²) in [6, 6.07) is 16.4. The summed E-state index contributed by atoms with van der Waals surface area (Å²) in [4.78, 5) is 28.2. The lowest BCUT2D eigenvalue weighted by Gasteiger charge is -2.32. The van der Waals surface area contributed by atoms with Crippen molar-refractivity contribution in [1.82, 2.24) is 10.2 Å². The smallest absolute Gasteiger partial charge is 0.264 e. The second kappa shape index (κ2) is 13.0. The zero-order valence-corrected chi connectivity index (χ0v) is 25.1. The molecule has 208 valence electrons. The van der Waals surface area contributed by atoms with Gasteiger partial charge in [-0.15, -0.1) is 0 Å². The molecule has 1 N–H and O–H groups in total. The average molecular weight is 611 g/mol. The Morgan fingerprint density at radius 2 is 1.54 bits per heavy atom. The van der Waals surface area contributed by atoms with E-state index in [-0.39, 0.29) is 23.4 Å². The van der Waals surface area contributed by atoms with Gasteiger partial charge in [0.05, 0.1) is 20.6 Å². The van der Waals surface area contributed by atoms with E-state index in [2.05, 4.69) is 5.32 Å². The number of halogens is 3. The highest BCUT2D eigenvalue weighted by Gasteiger charge is 2.33. The molecule has 39 heavy (non-hydrogen) atoms. The van der Waals surface area contributed by atoms with Crippen LogP contribution in [0.3, 0.4) is 0 Å². The fourth-order valence-corrected chi connectivity index (χ4v) is 5.84. The number of rotatable bonds is 10. The maximum atomic E-state index is 13.9. The van der Waals surface area contributed by atoms with Gasteiger partial charge in [0.25, 0.3) is 10.0 Å². The highest BCUT2D eigenvalue weighted by Crippen LogP contribution is 2.28. The number of benzene rings is 3. The summed E-state index contributed by atoms with van der Waals surface area (Å²) >= 11 is 18.2. The van der Waals surface area contributed by atoms with Gasteiger partial charge in [-0.2, -0.15) is 0 Å². The van der Waals surface area contributed by atoms with E-state index >= 15 is 0 Å². The lowest BCUT2D eigenvalue weighted by Crippen LogP contribution is -2.52. The number of carbonyl (C=O) groups excluding carboxylic acids is 2. The van der Waals surface area contributed by atoms with Crippen LogP contribution in [-0.4, -0.2) is 43.8 Å². The van der Waals surface area contributed by atoms with Gasteiger partial charge in [0.15, 0.2) is 0 Å². The Kier molecular flexibility index (Phi) is 10.3. The highest BCUT2D eigenvalue weighted by atomic mass is 35.5. The first-order valence-corrected chi connectivity index (χ1v) is 14.8. The number of carbonyl (C=O) groups is 2. The third-order valence-corrected chi connectivity index (χ3v) is 8.76. The summed E-state index contributed by atoms with van der Waals surface area (Å²) in [5, 5.41) is 3.84. The number of amides is 2. The maximum Gasteiger partial charge on any atom is 0.264 e. The summed E-state index contributed by atoms with van der Waals surface area (Å²) in [5.41, 5.74) is 1.63. The molecule has 7 nitrogen and oxygen atoms in total. The van der Waals surface area contributed by atoms with E-state index in [4.69, 9.17) is 34.8 Å². The van der Waals surface area contributed by atoms with Gasteiger partial charge >= 0.3 is 0 Å². The van der Waals surface area contributed by atoms with E-state index in [1.165, 1.54) is 29.2 Å². The number of hydrogen-bond acceptors (Lipinski definition) is 4. The second-order valence-electron chi connectivity index (χ2n) is 9.36. The molecule has 3 rings (SSSR count). The molecule has 0 heterocycles. The van der Waals surface area contributed by atoms with Crippen LogP contribution < -0.4 is 9.62 Å². The van der Waals surface area contributed by atoms with Crippen LogP contribution in [0.15, 0.2) is 71.6 Å². The first-order valence-electron chi connectivity index (χ1n) is 12.2. The Hall–Kier alpha value is -2.78. The predicted molar refractivity (Wildman–Crippen MR) is 157 cm³/mol.